The number of aryl methyl sites for hydroxylation is 2. The molecule has 7 nitrogen and oxygen atoms in total. The lowest BCUT2D eigenvalue weighted by atomic mass is 9.99. The molecular formula is C20H24F3N3O4S. The van der Waals surface area contributed by atoms with Crippen LogP contribution in [0, 0.1) is 0 Å². The lowest BCUT2D eigenvalue weighted by Gasteiger charge is -2.32. The van der Waals surface area contributed by atoms with Gasteiger partial charge in [0.25, 0.3) is 0 Å². The van der Waals surface area contributed by atoms with Crippen LogP contribution >= 0.6 is 0 Å². The number of rotatable bonds is 4. The van der Waals surface area contributed by atoms with Crippen molar-refractivity contribution >= 4 is 27.6 Å². The molecule has 3 amide bonds. The minimum atomic E-state index is -4.62. The number of likely N-dealkylation sites (tertiary alicyclic amines) is 1. The number of fused-ring (bicyclic) bond motifs is 2. The van der Waals surface area contributed by atoms with Gasteiger partial charge in [0.05, 0.1) is 0 Å². The number of nitrogens with one attached hydrogen (secondary N) is 2. The van der Waals surface area contributed by atoms with Crippen LogP contribution in [0.2, 0.25) is 0 Å². The molecule has 1 aromatic rings. The van der Waals surface area contributed by atoms with E-state index >= 15 is 0 Å². The molecule has 11 heteroatoms. The van der Waals surface area contributed by atoms with Gasteiger partial charge in [0.15, 0.2) is 5.25 Å². The highest BCUT2D eigenvalue weighted by molar-refractivity contribution is 7.91. The molecule has 1 aromatic carbocycles. The summed E-state index contributed by atoms with van der Waals surface area (Å²) in [6.45, 7) is -1.68. The maximum Gasteiger partial charge on any atom is 0.406 e. The fourth-order valence-corrected chi connectivity index (χ4v) is 6.22. The minimum absolute atomic E-state index is 0.106. The summed E-state index contributed by atoms with van der Waals surface area (Å²) >= 11 is 0. The summed E-state index contributed by atoms with van der Waals surface area (Å²) in [6.07, 6.45) is 0.653. The molecule has 170 valence electrons. The number of urea groups is 1. The van der Waals surface area contributed by atoms with E-state index in [9.17, 15) is 31.2 Å². The normalized spacial score (nSPS) is 21.1. The van der Waals surface area contributed by atoms with Crippen molar-refractivity contribution in [1.29, 1.82) is 0 Å². The molecule has 1 fully saturated rings. The average Bonchev–Trinajstić information content (AvgIpc) is 3.30. The van der Waals surface area contributed by atoms with Gasteiger partial charge in [-0.15, -0.1) is 0 Å². The fourth-order valence-electron chi connectivity index (χ4n) is 4.87. The Labute approximate surface area is 178 Å². The van der Waals surface area contributed by atoms with Crippen molar-refractivity contribution in [3.63, 3.8) is 0 Å². The Hall–Kier alpha value is -2.30. The summed E-state index contributed by atoms with van der Waals surface area (Å²) < 4.78 is 65.3. The number of halogens is 3. The average molecular weight is 459 g/mol. The van der Waals surface area contributed by atoms with Gasteiger partial charge in [-0.3, -0.25) is 4.79 Å². The summed E-state index contributed by atoms with van der Waals surface area (Å²) in [6, 6.07) is 1.18. The summed E-state index contributed by atoms with van der Waals surface area (Å²) in [7, 11) is -4.49. The Morgan fingerprint density at radius 1 is 1.06 bits per heavy atom. The number of carbonyl (C=O) groups excluding carboxylic acids is 2. The predicted molar refractivity (Wildman–Crippen MR) is 107 cm³/mol. The molecule has 0 aromatic heterocycles. The standard InChI is InChI=1S/C20H24F3N3O4S/c21-20(22,23)11-26-9-3-8-16(18(26)27)31(29,30)25-19(28)24-17-14-6-1-4-12(14)10-13-5-2-7-15(13)17/h10,16H,1-9,11H2,(H2,24,25,28). The van der Waals surface area contributed by atoms with Crippen molar-refractivity contribution in [3.8, 4) is 0 Å². The molecule has 1 aliphatic heterocycles. The predicted octanol–water partition coefficient (Wildman–Crippen LogP) is 2.67. The van der Waals surface area contributed by atoms with Crippen LogP contribution < -0.4 is 10.0 Å². The number of hydrogen-bond donors (Lipinski definition) is 2. The second-order valence-electron chi connectivity index (χ2n) is 8.34. The molecule has 31 heavy (non-hydrogen) atoms. The van der Waals surface area contributed by atoms with Crippen LogP contribution in [0.5, 0.6) is 0 Å². The zero-order valence-electron chi connectivity index (χ0n) is 16.8. The van der Waals surface area contributed by atoms with Crippen LogP contribution in [0.1, 0.15) is 47.9 Å². The van der Waals surface area contributed by atoms with E-state index in [1.807, 2.05) is 4.72 Å². The van der Waals surface area contributed by atoms with Gasteiger partial charge in [0.1, 0.15) is 6.54 Å². The number of piperidine rings is 1. The summed E-state index contributed by atoms with van der Waals surface area (Å²) in [4.78, 5) is 25.4. The smallest absolute Gasteiger partial charge is 0.332 e. The van der Waals surface area contributed by atoms with E-state index in [0.29, 0.717) is 10.6 Å². The van der Waals surface area contributed by atoms with Gasteiger partial charge in [-0.2, -0.15) is 13.2 Å². The number of amides is 3. The van der Waals surface area contributed by atoms with Crippen molar-refractivity contribution in [2.24, 2.45) is 0 Å². The SMILES string of the molecule is O=C(Nc1c2c(cc3c1CCC3)CCC2)NS(=O)(=O)C1CCCN(CC(F)(F)F)C1=O. The lowest BCUT2D eigenvalue weighted by molar-refractivity contribution is -0.163. The number of hydrogen-bond acceptors (Lipinski definition) is 4. The molecule has 0 spiro atoms. The maximum atomic E-state index is 12.7. The van der Waals surface area contributed by atoms with E-state index in [-0.39, 0.29) is 19.4 Å². The van der Waals surface area contributed by atoms with E-state index in [2.05, 4.69) is 11.4 Å². The summed E-state index contributed by atoms with van der Waals surface area (Å²) in [5.74, 6) is -1.13. The highest BCUT2D eigenvalue weighted by atomic mass is 32.2. The molecular weight excluding hydrogens is 435 g/mol. The molecule has 2 aliphatic carbocycles. The van der Waals surface area contributed by atoms with E-state index in [4.69, 9.17) is 0 Å². The first kappa shape index (κ1) is 21.9. The number of nitrogens with zero attached hydrogens (tertiary/aromatic N) is 1. The highest BCUT2D eigenvalue weighted by Gasteiger charge is 2.43. The van der Waals surface area contributed by atoms with Crippen molar-refractivity contribution in [2.75, 3.05) is 18.4 Å². The Kier molecular flexibility index (Phi) is 5.65. The van der Waals surface area contributed by atoms with Crippen molar-refractivity contribution in [3.05, 3.63) is 28.3 Å². The lowest BCUT2D eigenvalue weighted by Crippen LogP contribution is -2.54. The molecule has 1 unspecified atom stereocenters. The number of anilines is 1. The molecule has 4 rings (SSSR count). The number of benzene rings is 1. The minimum Gasteiger partial charge on any atom is -0.332 e. The van der Waals surface area contributed by atoms with Gasteiger partial charge in [0, 0.05) is 12.2 Å². The highest BCUT2D eigenvalue weighted by Crippen LogP contribution is 2.38. The van der Waals surface area contributed by atoms with Crippen LogP contribution in [-0.2, 0) is 40.5 Å². The second-order valence-corrected chi connectivity index (χ2v) is 10.2. The molecule has 1 atom stereocenters. The first-order chi connectivity index (χ1) is 14.5. The molecule has 1 saturated heterocycles. The second kappa shape index (κ2) is 7.99. The number of sulfonamides is 1. The number of carbonyl (C=O) groups is 2. The molecule has 0 bridgehead atoms. The van der Waals surface area contributed by atoms with Gasteiger partial charge in [0.2, 0.25) is 15.9 Å². The van der Waals surface area contributed by atoms with E-state index < -0.39 is 39.9 Å². The Balaban J connectivity index is 1.50. The third-order valence-electron chi connectivity index (χ3n) is 6.17. The van der Waals surface area contributed by atoms with Crippen LogP contribution in [0.4, 0.5) is 23.7 Å². The zero-order valence-corrected chi connectivity index (χ0v) is 17.7. The largest absolute Gasteiger partial charge is 0.406 e. The van der Waals surface area contributed by atoms with Gasteiger partial charge >= 0.3 is 12.2 Å². The molecule has 0 saturated carbocycles. The third-order valence-corrected chi connectivity index (χ3v) is 7.83. The molecule has 0 radical (unpaired) electrons. The quantitative estimate of drug-likeness (QED) is 0.724. The van der Waals surface area contributed by atoms with E-state index in [0.717, 1.165) is 60.8 Å². The van der Waals surface area contributed by atoms with Crippen molar-refractivity contribution in [2.45, 2.75) is 62.8 Å². The zero-order chi connectivity index (χ0) is 22.4. The third kappa shape index (κ3) is 4.51. The van der Waals surface area contributed by atoms with Gasteiger partial charge in [-0.1, -0.05) is 6.07 Å². The van der Waals surface area contributed by atoms with E-state index in [1.165, 1.54) is 0 Å². The molecule has 2 N–H and O–H groups in total. The fraction of sp³-hybridized carbons (Fsp3) is 0.600. The first-order valence-electron chi connectivity index (χ1n) is 10.4. The monoisotopic (exact) mass is 459 g/mol. The van der Waals surface area contributed by atoms with E-state index in [1.54, 1.807) is 0 Å². The first-order valence-corrected chi connectivity index (χ1v) is 11.9. The topological polar surface area (TPSA) is 95.6 Å². The Bertz CT molecular complexity index is 991. The number of alkyl halides is 3. The van der Waals surface area contributed by atoms with Crippen molar-refractivity contribution in [1.82, 2.24) is 9.62 Å². The van der Waals surface area contributed by atoms with Crippen LogP contribution in [0.25, 0.3) is 0 Å². The van der Waals surface area contributed by atoms with Gasteiger partial charge < -0.3 is 10.2 Å². The molecule has 3 aliphatic rings. The van der Waals surface area contributed by atoms with Gasteiger partial charge in [-0.05, 0) is 73.6 Å². The van der Waals surface area contributed by atoms with Gasteiger partial charge in [-0.25, -0.2) is 17.9 Å². The van der Waals surface area contributed by atoms with Crippen LogP contribution in [0.3, 0.4) is 0 Å². The Morgan fingerprint density at radius 3 is 2.26 bits per heavy atom. The Morgan fingerprint density at radius 2 is 1.68 bits per heavy atom. The van der Waals surface area contributed by atoms with Crippen molar-refractivity contribution < 1.29 is 31.2 Å². The summed E-state index contributed by atoms with van der Waals surface area (Å²) in [5, 5.41) is 0.947. The maximum absolute atomic E-state index is 12.7. The molecule has 1 heterocycles. The van der Waals surface area contributed by atoms with Crippen LogP contribution in [-0.4, -0.2) is 49.8 Å². The van der Waals surface area contributed by atoms with Crippen LogP contribution in [0.15, 0.2) is 6.07 Å². The summed E-state index contributed by atoms with van der Waals surface area (Å²) in [5.41, 5.74) is 4.98.